The lowest BCUT2D eigenvalue weighted by Gasteiger charge is -2.19. The summed E-state index contributed by atoms with van der Waals surface area (Å²) in [4.78, 5) is 15.8. The van der Waals surface area contributed by atoms with Crippen molar-refractivity contribution < 1.29 is 4.79 Å². The van der Waals surface area contributed by atoms with Gasteiger partial charge in [-0.1, -0.05) is 51.1 Å². The Balaban J connectivity index is 1.63. The standard InChI is InChI=1S/C22H26N2O/c1-15-18(19-7-5-6-8-20(19)24-15)13-14-23-21(25)16-9-11-17(12-10-16)22(2,3)4/h5-12,24H,13-14H2,1-4H3,(H,23,25). The number of para-hydroxylation sites is 1. The minimum atomic E-state index is -0.0158. The van der Waals surface area contributed by atoms with Gasteiger partial charge in [0.2, 0.25) is 0 Å². The summed E-state index contributed by atoms with van der Waals surface area (Å²) in [5, 5.41) is 4.27. The molecule has 130 valence electrons. The number of hydrogen-bond donors (Lipinski definition) is 2. The van der Waals surface area contributed by atoms with Crippen LogP contribution in [0.3, 0.4) is 0 Å². The van der Waals surface area contributed by atoms with Gasteiger partial charge in [0.25, 0.3) is 5.91 Å². The zero-order valence-corrected chi connectivity index (χ0v) is 15.4. The lowest BCUT2D eigenvalue weighted by molar-refractivity contribution is 0.0954. The first-order chi connectivity index (χ1) is 11.9. The maximum atomic E-state index is 12.4. The molecule has 0 aliphatic carbocycles. The Morgan fingerprint density at radius 3 is 2.40 bits per heavy atom. The summed E-state index contributed by atoms with van der Waals surface area (Å²) in [6, 6.07) is 16.2. The molecule has 3 heteroatoms. The van der Waals surface area contributed by atoms with Crippen molar-refractivity contribution in [2.24, 2.45) is 0 Å². The van der Waals surface area contributed by atoms with Gasteiger partial charge in [-0.15, -0.1) is 0 Å². The number of fused-ring (bicyclic) bond motifs is 1. The minimum Gasteiger partial charge on any atom is -0.358 e. The van der Waals surface area contributed by atoms with E-state index in [1.54, 1.807) is 0 Å². The van der Waals surface area contributed by atoms with Crippen LogP contribution in [0.15, 0.2) is 48.5 Å². The van der Waals surface area contributed by atoms with Crippen molar-refractivity contribution in [3.8, 4) is 0 Å². The number of benzene rings is 2. The Kier molecular flexibility index (Phi) is 4.67. The van der Waals surface area contributed by atoms with Crippen LogP contribution in [0.4, 0.5) is 0 Å². The summed E-state index contributed by atoms with van der Waals surface area (Å²) in [7, 11) is 0. The van der Waals surface area contributed by atoms with Gasteiger partial charge in [0.1, 0.15) is 0 Å². The number of rotatable bonds is 4. The fourth-order valence-corrected chi connectivity index (χ4v) is 3.18. The van der Waals surface area contributed by atoms with E-state index in [9.17, 15) is 4.79 Å². The van der Waals surface area contributed by atoms with Crippen LogP contribution >= 0.6 is 0 Å². The molecule has 0 spiro atoms. The topological polar surface area (TPSA) is 44.9 Å². The van der Waals surface area contributed by atoms with Crippen LogP contribution in [0.2, 0.25) is 0 Å². The highest BCUT2D eigenvalue weighted by Gasteiger charge is 2.14. The van der Waals surface area contributed by atoms with Crippen LogP contribution in [0.5, 0.6) is 0 Å². The van der Waals surface area contributed by atoms with Crippen molar-refractivity contribution in [1.82, 2.24) is 10.3 Å². The van der Waals surface area contributed by atoms with Crippen LogP contribution in [0.25, 0.3) is 10.9 Å². The first-order valence-corrected chi connectivity index (χ1v) is 8.81. The van der Waals surface area contributed by atoms with Gasteiger partial charge in [0.05, 0.1) is 0 Å². The van der Waals surface area contributed by atoms with Crippen LogP contribution < -0.4 is 5.32 Å². The molecule has 1 heterocycles. The maximum Gasteiger partial charge on any atom is 0.251 e. The summed E-state index contributed by atoms with van der Waals surface area (Å²) in [6.07, 6.45) is 0.821. The van der Waals surface area contributed by atoms with Crippen molar-refractivity contribution in [1.29, 1.82) is 0 Å². The number of nitrogens with one attached hydrogen (secondary N) is 2. The molecule has 0 unspecified atom stereocenters. The fourth-order valence-electron chi connectivity index (χ4n) is 3.18. The molecule has 0 aliphatic rings. The van der Waals surface area contributed by atoms with E-state index in [0.29, 0.717) is 12.1 Å². The minimum absolute atomic E-state index is 0.0158. The van der Waals surface area contributed by atoms with Crippen molar-refractivity contribution in [2.45, 2.75) is 39.5 Å². The third-order valence-electron chi connectivity index (χ3n) is 4.70. The number of H-pyrrole nitrogens is 1. The highest BCUT2D eigenvalue weighted by Crippen LogP contribution is 2.23. The number of carbonyl (C=O) groups excluding carboxylic acids is 1. The Hall–Kier alpha value is -2.55. The summed E-state index contributed by atoms with van der Waals surface area (Å²) in [5.74, 6) is -0.0158. The number of amides is 1. The number of aromatic nitrogens is 1. The molecule has 3 rings (SSSR count). The van der Waals surface area contributed by atoms with Gasteiger partial charge >= 0.3 is 0 Å². The van der Waals surface area contributed by atoms with Crippen molar-refractivity contribution in [2.75, 3.05) is 6.54 Å². The normalized spacial score (nSPS) is 11.7. The molecule has 0 radical (unpaired) electrons. The van der Waals surface area contributed by atoms with E-state index in [1.165, 1.54) is 22.2 Å². The Morgan fingerprint density at radius 2 is 1.72 bits per heavy atom. The maximum absolute atomic E-state index is 12.4. The number of aryl methyl sites for hydroxylation is 1. The first-order valence-electron chi connectivity index (χ1n) is 8.81. The van der Waals surface area contributed by atoms with Crippen LogP contribution in [-0.2, 0) is 11.8 Å². The molecule has 1 aromatic heterocycles. The highest BCUT2D eigenvalue weighted by atomic mass is 16.1. The fraction of sp³-hybridized carbons (Fsp3) is 0.318. The van der Waals surface area contributed by atoms with E-state index in [2.05, 4.69) is 56.2 Å². The van der Waals surface area contributed by atoms with Crippen LogP contribution in [0, 0.1) is 6.92 Å². The third kappa shape index (κ3) is 3.76. The van der Waals surface area contributed by atoms with E-state index in [0.717, 1.165) is 11.9 Å². The van der Waals surface area contributed by atoms with Crippen LogP contribution in [-0.4, -0.2) is 17.4 Å². The molecule has 3 nitrogen and oxygen atoms in total. The summed E-state index contributed by atoms with van der Waals surface area (Å²) in [6.45, 7) is 9.23. The molecule has 1 amide bonds. The van der Waals surface area contributed by atoms with E-state index in [-0.39, 0.29) is 11.3 Å². The van der Waals surface area contributed by atoms with Crippen molar-refractivity contribution in [3.05, 3.63) is 70.9 Å². The lowest BCUT2D eigenvalue weighted by atomic mass is 9.87. The zero-order chi connectivity index (χ0) is 18.0. The summed E-state index contributed by atoms with van der Waals surface area (Å²) < 4.78 is 0. The molecule has 0 saturated carbocycles. The van der Waals surface area contributed by atoms with E-state index >= 15 is 0 Å². The first kappa shape index (κ1) is 17.3. The second-order valence-electron chi connectivity index (χ2n) is 7.61. The summed E-state index contributed by atoms with van der Waals surface area (Å²) >= 11 is 0. The zero-order valence-electron chi connectivity index (χ0n) is 15.4. The predicted molar refractivity (Wildman–Crippen MR) is 104 cm³/mol. The van der Waals surface area contributed by atoms with Gasteiger partial charge in [0.15, 0.2) is 0 Å². The molecule has 0 atom stereocenters. The Morgan fingerprint density at radius 1 is 1.04 bits per heavy atom. The van der Waals surface area contributed by atoms with Crippen molar-refractivity contribution in [3.63, 3.8) is 0 Å². The van der Waals surface area contributed by atoms with Crippen molar-refractivity contribution >= 4 is 16.8 Å². The molecule has 0 bridgehead atoms. The molecule has 0 aliphatic heterocycles. The molecule has 2 N–H and O–H groups in total. The molecule has 3 aromatic rings. The van der Waals surface area contributed by atoms with Gasteiger partial charge in [0, 0.05) is 28.7 Å². The third-order valence-corrected chi connectivity index (χ3v) is 4.70. The second-order valence-corrected chi connectivity index (χ2v) is 7.61. The van der Waals surface area contributed by atoms with Gasteiger partial charge in [-0.2, -0.15) is 0 Å². The Labute approximate surface area is 149 Å². The highest BCUT2D eigenvalue weighted by molar-refractivity contribution is 5.94. The molecule has 0 saturated heterocycles. The number of carbonyl (C=O) groups is 1. The largest absolute Gasteiger partial charge is 0.358 e. The van der Waals surface area contributed by atoms with E-state index in [4.69, 9.17) is 0 Å². The quantitative estimate of drug-likeness (QED) is 0.711. The van der Waals surface area contributed by atoms with Gasteiger partial charge < -0.3 is 10.3 Å². The van der Waals surface area contributed by atoms with E-state index in [1.807, 2.05) is 30.3 Å². The van der Waals surface area contributed by atoms with Gasteiger partial charge in [-0.05, 0) is 48.1 Å². The average molecular weight is 334 g/mol. The smallest absolute Gasteiger partial charge is 0.251 e. The second kappa shape index (κ2) is 6.75. The van der Waals surface area contributed by atoms with Crippen LogP contribution in [0.1, 0.15) is 48.0 Å². The van der Waals surface area contributed by atoms with Gasteiger partial charge in [-0.25, -0.2) is 0 Å². The lowest BCUT2D eigenvalue weighted by Crippen LogP contribution is -2.26. The van der Waals surface area contributed by atoms with E-state index < -0.39 is 0 Å². The molecule has 2 aromatic carbocycles. The molecular weight excluding hydrogens is 308 g/mol. The molecule has 0 fully saturated rings. The van der Waals surface area contributed by atoms with Gasteiger partial charge in [-0.3, -0.25) is 4.79 Å². The molecular formula is C22H26N2O. The number of aromatic amines is 1. The predicted octanol–water partition coefficient (Wildman–Crippen LogP) is 4.75. The SMILES string of the molecule is Cc1[nH]c2ccccc2c1CCNC(=O)c1ccc(C(C)(C)C)cc1. The number of hydrogen-bond acceptors (Lipinski definition) is 1. The average Bonchev–Trinajstić information content (AvgIpc) is 2.90. The summed E-state index contributed by atoms with van der Waals surface area (Å²) in [5.41, 5.74) is 5.65. The monoisotopic (exact) mass is 334 g/mol. The Bertz CT molecular complexity index is 883. The molecule has 25 heavy (non-hydrogen) atoms.